The normalized spacial score (nSPS) is 15.1. The largest absolute Gasteiger partial charge is 0.490 e. The molecule has 0 N–H and O–H groups in total. The van der Waals surface area contributed by atoms with Crippen LogP contribution < -0.4 is 9.47 Å². The van der Waals surface area contributed by atoms with E-state index >= 15 is 0 Å². The summed E-state index contributed by atoms with van der Waals surface area (Å²) in [5.41, 5.74) is 3.16. The molecule has 0 aromatic heterocycles. The highest BCUT2D eigenvalue weighted by atomic mass is 32.2. The van der Waals surface area contributed by atoms with E-state index in [2.05, 4.69) is 6.58 Å². The molecule has 1 aliphatic heterocycles. The number of ether oxygens (including phenoxy) is 2. The van der Waals surface area contributed by atoms with Crippen molar-refractivity contribution in [3.05, 3.63) is 76.7 Å². The van der Waals surface area contributed by atoms with Crippen LogP contribution in [0.1, 0.15) is 16.7 Å². The number of carbonyl (C=O) groups excluding carboxylic acids is 1. The van der Waals surface area contributed by atoms with Gasteiger partial charge in [-0.1, -0.05) is 60.4 Å². The number of hydrogen-bond donors (Lipinski definition) is 0. The SMILES string of the molecule is C=CCN1C(=O)/C(=C\c2ccc(OCCOc3c(C)cccc3C)cc2)SC1=S. The van der Waals surface area contributed by atoms with E-state index in [0.29, 0.717) is 29.0 Å². The van der Waals surface area contributed by atoms with Gasteiger partial charge < -0.3 is 9.47 Å². The standard InChI is InChI=1S/C23H23NO3S2/c1-4-12-24-22(25)20(29-23(24)28)15-18-8-10-19(11-9-18)26-13-14-27-21-16(2)6-5-7-17(21)3/h4-11,15H,1,12-14H2,2-3H3/b20-15+. The Morgan fingerprint density at radius 2 is 1.72 bits per heavy atom. The minimum Gasteiger partial charge on any atom is -0.490 e. The Bertz CT molecular complexity index is 931. The van der Waals surface area contributed by atoms with Crippen molar-refractivity contribution in [2.45, 2.75) is 13.8 Å². The smallest absolute Gasteiger partial charge is 0.266 e. The second-order valence-electron chi connectivity index (χ2n) is 6.57. The van der Waals surface area contributed by atoms with Gasteiger partial charge in [0.2, 0.25) is 0 Å². The molecule has 150 valence electrons. The number of hydrogen-bond acceptors (Lipinski definition) is 5. The monoisotopic (exact) mass is 425 g/mol. The molecule has 3 rings (SSSR count). The fourth-order valence-electron chi connectivity index (χ4n) is 2.93. The van der Waals surface area contributed by atoms with E-state index in [-0.39, 0.29) is 5.91 Å². The highest BCUT2D eigenvalue weighted by Gasteiger charge is 2.30. The summed E-state index contributed by atoms with van der Waals surface area (Å²) in [4.78, 5) is 14.5. The molecule has 0 unspecified atom stereocenters. The first-order chi connectivity index (χ1) is 14.0. The van der Waals surface area contributed by atoms with Gasteiger partial charge in [0, 0.05) is 6.54 Å². The summed E-state index contributed by atoms with van der Waals surface area (Å²) in [7, 11) is 0. The molecule has 1 aliphatic rings. The zero-order chi connectivity index (χ0) is 20.8. The van der Waals surface area contributed by atoms with Crippen LogP contribution in [0, 0.1) is 13.8 Å². The second-order valence-corrected chi connectivity index (χ2v) is 8.24. The first kappa shape index (κ1) is 21.1. The Morgan fingerprint density at radius 3 is 2.38 bits per heavy atom. The fourth-order valence-corrected chi connectivity index (χ4v) is 4.20. The van der Waals surface area contributed by atoms with Crippen LogP contribution in [0.4, 0.5) is 0 Å². The summed E-state index contributed by atoms with van der Waals surface area (Å²) in [6.45, 7) is 9.09. The lowest BCUT2D eigenvalue weighted by atomic mass is 10.1. The van der Waals surface area contributed by atoms with E-state index in [4.69, 9.17) is 21.7 Å². The fraction of sp³-hybridized carbons (Fsp3) is 0.217. The lowest BCUT2D eigenvalue weighted by Gasteiger charge is -2.12. The van der Waals surface area contributed by atoms with Gasteiger partial charge in [-0.3, -0.25) is 9.69 Å². The molecule has 4 nitrogen and oxygen atoms in total. The van der Waals surface area contributed by atoms with Crippen LogP contribution in [0.25, 0.3) is 6.08 Å². The Balaban J connectivity index is 1.53. The van der Waals surface area contributed by atoms with Gasteiger partial charge in [0.05, 0.1) is 4.91 Å². The van der Waals surface area contributed by atoms with Crippen molar-refractivity contribution in [2.24, 2.45) is 0 Å². The molecule has 2 aromatic carbocycles. The zero-order valence-electron chi connectivity index (χ0n) is 16.5. The molecule has 0 bridgehead atoms. The van der Waals surface area contributed by atoms with Crippen LogP contribution in [0.2, 0.25) is 0 Å². The summed E-state index contributed by atoms with van der Waals surface area (Å²) in [5.74, 6) is 1.59. The van der Waals surface area contributed by atoms with Crippen LogP contribution in [0.15, 0.2) is 60.0 Å². The van der Waals surface area contributed by atoms with Crippen LogP contribution in [-0.2, 0) is 4.79 Å². The highest BCUT2D eigenvalue weighted by Crippen LogP contribution is 2.32. The Hall–Kier alpha value is -2.57. The van der Waals surface area contributed by atoms with E-state index in [1.54, 1.807) is 11.0 Å². The minimum atomic E-state index is -0.0797. The van der Waals surface area contributed by atoms with Gasteiger partial charge in [0.25, 0.3) is 5.91 Å². The quantitative estimate of drug-likeness (QED) is 0.253. The van der Waals surface area contributed by atoms with Crippen molar-refractivity contribution in [1.29, 1.82) is 0 Å². The van der Waals surface area contributed by atoms with Crippen molar-refractivity contribution < 1.29 is 14.3 Å². The Labute approximate surface area is 181 Å². The summed E-state index contributed by atoms with van der Waals surface area (Å²) in [6.07, 6.45) is 3.51. The molecule has 29 heavy (non-hydrogen) atoms. The van der Waals surface area contributed by atoms with E-state index in [9.17, 15) is 4.79 Å². The van der Waals surface area contributed by atoms with Gasteiger partial charge in [0.1, 0.15) is 29.0 Å². The number of aryl methyl sites for hydroxylation is 2. The topological polar surface area (TPSA) is 38.8 Å². The Morgan fingerprint density at radius 1 is 1.07 bits per heavy atom. The number of thiocarbonyl (C=S) groups is 1. The molecular formula is C23H23NO3S2. The van der Waals surface area contributed by atoms with Crippen LogP contribution in [0.5, 0.6) is 11.5 Å². The third kappa shape index (κ3) is 5.28. The molecule has 0 aliphatic carbocycles. The number of rotatable bonds is 8. The molecule has 0 radical (unpaired) electrons. The average molecular weight is 426 g/mol. The lowest BCUT2D eigenvalue weighted by Crippen LogP contribution is -2.27. The van der Waals surface area contributed by atoms with Crippen molar-refractivity contribution in [2.75, 3.05) is 19.8 Å². The summed E-state index contributed by atoms with van der Waals surface area (Å²) in [5, 5.41) is 0. The maximum Gasteiger partial charge on any atom is 0.266 e. The second kappa shape index (κ2) is 9.76. The number of carbonyl (C=O) groups is 1. The third-order valence-electron chi connectivity index (χ3n) is 4.37. The molecular weight excluding hydrogens is 402 g/mol. The molecule has 1 fully saturated rings. The molecule has 1 saturated heterocycles. The number of para-hydroxylation sites is 1. The van der Waals surface area contributed by atoms with Gasteiger partial charge in [-0.25, -0.2) is 0 Å². The van der Waals surface area contributed by atoms with Gasteiger partial charge in [-0.2, -0.15) is 0 Å². The maximum absolute atomic E-state index is 12.4. The molecule has 1 heterocycles. The van der Waals surface area contributed by atoms with E-state index in [1.807, 2.05) is 62.4 Å². The molecule has 1 amide bonds. The van der Waals surface area contributed by atoms with Crippen LogP contribution in [0.3, 0.4) is 0 Å². The molecule has 0 spiro atoms. The lowest BCUT2D eigenvalue weighted by molar-refractivity contribution is -0.121. The van der Waals surface area contributed by atoms with Crippen molar-refractivity contribution in [3.63, 3.8) is 0 Å². The Kier molecular flexibility index (Phi) is 7.12. The molecule has 6 heteroatoms. The summed E-state index contributed by atoms with van der Waals surface area (Å²) >= 11 is 6.57. The van der Waals surface area contributed by atoms with Gasteiger partial charge in [-0.15, -0.1) is 6.58 Å². The van der Waals surface area contributed by atoms with E-state index < -0.39 is 0 Å². The predicted molar refractivity (Wildman–Crippen MR) is 123 cm³/mol. The van der Waals surface area contributed by atoms with Crippen LogP contribution >= 0.6 is 24.0 Å². The average Bonchev–Trinajstić information content (AvgIpc) is 2.96. The van der Waals surface area contributed by atoms with Crippen molar-refractivity contribution in [3.8, 4) is 11.5 Å². The molecule has 0 atom stereocenters. The van der Waals surface area contributed by atoms with Gasteiger partial charge >= 0.3 is 0 Å². The first-order valence-electron chi connectivity index (χ1n) is 9.27. The first-order valence-corrected chi connectivity index (χ1v) is 10.5. The summed E-state index contributed by atoms with van der Waals surface area (Å²) in [6, 6.07) is 13.7. The van der Waals surface area contributed by atoms with Gasteiger partial charge in [-0.05, 0) is 48.7 Å². The molecule has 2 aromatic rings. The number of thioether (sulfide) groups is 1. The number of nitrogens with zero attached hydrogens (tertiary/aromatic N) is 1. The van der Waals surface area contributed by atoms with Gasteiger partial charge in [0.15, 0.2) is 0 Å². The zero-order valence-corrected chi connectivity index (χ0v) is 18.1. The maximum atomic E-state index is 12.4. The number of amides is 1. The van der Waals surface area contributed by atoms with Crippen molar-refractivity contribution in [1.82, 2.24) is 4.90 Å². The summed E-state index contributed by atoms with van der Waals surface area (Å²) < 4.78 is 12.2. The third-order valence-corrected chi connectivity index (χ3v) is 5.75. The highest BCUT2D eigenvalue weighted by molar-refractivity contribution is 8.26. The van der Waals surface area contributed by atoms with Crippen LogP contribution in [-0.4, -0.2) is 34.9 Å². The predicted octanol–water partition coefficient (Wildman–Crippen LogP) is 5.15. The minimum absolute atomic E-state index is 0.0797. The van der Waals surface area contributed by atoms with Crippen molar-refractivity contribution >= 4 is 40.3 Å². The number of benzene rings is 2. The van der Waals surface area contributed by atoms with E-state index in [0.717, 1.165) is 28.2 Å². The molecule has 0 saturated carbocycles. The van der Waals surface area contributed by atoms with E-state index in [1.165, 1.54) is 11.8 Å².